The third kappa shape index (κ3) is 3.90. The molecule has 1 heterocycles. The first-order valence-corrected chi connectivity index (χ1v) is 7.74. The van der Waals surface area contributed by atoms with E-state index in [4.69, 9.17) is 0 Å². The first kappa shape index (κ1) is 16.4. The van der Waals surface area contributed by atoms with Crippen molar-refractivity contribution in [2.45, 2.75) is 0 Å². The largest absolute Gasteiger partial charge is 0.465 e. The molecule has 0 radical (unpaired) electrons. The lowest BCUT2D eigenvalue weighted by Gasteiger charge is -2.04. The number of rotatable bonds is 4. The van der Waals surface area contributed by atoms with Crippen molar-refractivity contribution in [3.05, 3.63) is 90.3 Å². The fourth-order valence-corrected chi connectivity index (χ4v) is 2.38. The zero-order valence-electron chi connectivity index (χ0n) is 13.7. The van der Waals surface area contributed by atoms with E-state index in [0.717, 1.165) is 11.1 Å². The number of nitrogens with zero attached hydrogens (tertiary/aromatic N) is 1. The molecule has 5 heteroatoms. The Balaban J connectivity index is 1.72. The van der Waals surface area contributed by atoms with Crippen molar-refractivity contribution >= 4 is 11.9 Å². The van der Waals surface area contributed by atoms with Gasteiger partial charge in [0.05, 0.1) is 12.7 Å². The third-order valence-corrected chi connectivity index (χ3v) is 3.74. The Kier molecular flexibility index (Phi) is 4.85. The lowest BCUT2D eigenvalue weighted by Crippen LogP contribution is -2.47. The molecule has 0 spiro atoms. The molecule has 0 unspecified atom stereocenters. The molecular formula is C20H17N2O3+. The predicted octanol–water partition coefficient (Wildman–Crippen LogP) is 2.81. The number of ether oxygens (including phenoxy) is 1. The van der Waals surface area contributed by atoms with Gasteiger partial charge in [-0.15, -0.1) is 5.43 Å². The van der Waals surface area contributed by atoms with Crippen LogP contribution in [0.4, 0.5) is 0 Å². The van der Waals surface area contributed by atoms with E-state index in [1.54, 1.807) is 41.3 Å². The van der Waals surface area contributed by atoms with E-state index in [-0.39, 0.29) is 11.9 Å². The fourth-order valence-electron chi connectivity index (χ4n) is 2.38. The second-order valence-electron chi connectivity index (χ2n) is 5.37. The van der Waals surface area contributed by atoms with Gasteiger partial charge in [0.1, 0.15) is 0 Å². The van der Waals surface area contributed by atoms with Crippen LogP contribution in [0.25, 0.3) is 11.1 Å². The maximum atomic E-state index is 12.1. The average molecular weight is 333 g/mol. The standard InChI is InChI=1S/C20H16N2O3/c1-25-20(24)18-9-7-15(8-10-18)16-11-13-22(14-12-16)21-19(23)17-5-3-2-4-6-17/h2-14H,1H3/p+1. The number of amides is 1. The Bertz CT molecular complexity index is 873. The van der Waals surface area contributed by atoms with Crippen molar-refractivity contribution in [3.8, 4) is 11.1 Å². The number of pyridine rings is 1. The molecule has 5 nitrogen and oxygen atoms in total. The summed E-state index contributed by atoms with van der Waals surface area (Å²) in [6.07, 6.45) is 3.54. The van der Waals surface area contributed by atoms with Gasteiger partial charge in [-0.25, -0.2) is 4.79 Å². The second kappa shape index (κ2) is 7.40. The van der Waals surface area contributed by atoms with Crippen molar-refractivity contribution in [3.63, 3.8) is 0 Å². The topological polar surface area (TPSA) is 59.3 Å². The van der Waals surface area contributed by atoms with Crippen LogP contribution in [0.5, 0.6) is 0 Å². The number of aromatic nitrogens is 1. The van der Waals surface area contributed by atoms with Crippen LogP contribution in [-0.2, 0) is 4.74 Å². The molecule has 0 fully saturated rings. The van der Waals surface area contributed by atoms with Gasteiger partial charge in [0, 0.05) is 17.7 Å². The second-order valence-corrected chi connectivity index (χ2v) is 5.37. The van der Waals surface area contributed by atoms with E-state index in [1.807, 2.05) is 42.5 Å². The monoisotopic (exact) mass is 333 g/mol. The predicted molar refractivity (Wildman–Crippen MR) is 93.5 cm³/mol. The number of hydrogen-bond acceptors (Lipinski definition) is 3. The summed E-state index contributed by atoms with van der Waals surface area (Å²) in [7, 11) is 1.36. The lowest BCUT2D eigenvalue weighted by molar-refractivity contribution is -0.641. The van der Waals surface area contributed by atoms with Crippen LogP contribution in [0, 0.1) is 0 Å². The highest BCUT2D eigenvalue weighted by molar-refractivity contribution is 5.98. The zero-order chi connectivity index (χ0) is 17.6. The molecule has 0 atom stereocenters. The summed E-state index contributed by atoms with van der Waals surface area (Å²) >= 11 is 0. The quantitative estimate of drug-likeness (QED) is 0.590. The molecule has 0 aliphatic carbocycles. The summed E-state index contributed by atoms with van der Waals surface area (Å²) in [5, 5.41) is 0. The smallest absolute Gasteiger partial charge is 0.337 e. The first-order chi connectivity index (χ1) is 12.2. The molecule has 2 aromatic carbocycles. The Hall–Kier alpha value is -3.47. The van der Waals surface area contributed by atoms with E-state index in [2.05, 4.69) is 10.2 Å². The Morgan fingerprint density at radius 3 is 2.00 bits per heavy atom. The molecule has 1 amide bonds. The van der Waals surface area contributed by atoms with Crippen LogP contribution in [0.3, 0.4) is 0 Å². The summed E-state index contributed by atoms with van der Waals surface area (Å²) in [5.74, 6) is -0.540. The summed E-state index contributed by atoms with van der Waals surface area (Å²) in [4.78, 5) is 23.6. The van der Waals surface area contributed by atoms with Crippen LogP contribution < -0.4 is 10.1 Å². The molecule has 0 saturated carbocycles. The number of nitrogens with one attached hydrogen (secondary N) is 1. The van der Waals surface area contributed by atoms with Crippen LogP contribution in [0.2, 0.25) is 0 Å². The lowest BCUT2D eigenvalue weighted by atomic mass is 10.1. The highest BCUT2D eigenvalue weighted by Crippen LogP contribution is 2.18. The third-order valence-electron chi connectivity index (χ3n) is 3.74. The maximum Gasteiger partial charge on any atom is 0.337 e. The van der Waals surface area contributed by atoms with Gasteiger partial charge in [0.2, 0.25) is 12.4 Å². The molecule has 3 aromatic rings. The summed E-state index contributed by atoms with van der Waals surface area (Å²) in [6, 6.07) is 19.9. The molecule has 0 aliphatic heterocycles. The van der Waals surface area contributed by atoms with Crippen LogP contribution in [-0.4, -0.2) is 19.0 Å². The minimum Gasteiger partial charge on any atom is -0.465 e. The van der Waals surface area contributed by atoms with Gasteiger partial charge in [0.25, 0.3) is 0 Å². The fraction of sp³-hybridized carbons (Fsp3) is 0.0500. The molecule has 3 rings (SSSR count). The van der Waals surface area contributed by atoms with E-state index in [1.165, 1.54) is 7.11 Å². The Morgan fingerprint density at radius 2 is 1.40 bits per heavy atom. The Morgan fingerprint density at radius 1 is 0.800 bits per heavy atom. The Labute approximate surface area is 145 Å². The molecule has 124 valence electrons. The van der Waals surface area contributed by atoms with Gasteiger partial charge in [-0.3, -0.25) is 4.79 Å². The molecule has 1 aromatic heterocycles. The number of benzene rings is 2. The maximum absolute atomic E-state index is 12.1. The van der Waals surface area contributed by atoms with E-state index in [9.17, 15) is 9.59 Å². The van der Waals surface area contributed by atoms with Crippen LogP contribution in [0.1, 0.15) is 20.7 Å². The van der Waals surface area contributed by atoms with Crippen molar-refractivity contribution in [1.82, 2.24) is 0 Å². The zero-order valence-corrected chi connectivity index (χ0v) is 13.7. The summed E-state index contributed by atoms with van der Waals surface area (Å²) < 4.78 is 6.29. The number of methoxy groups -OCH3 is 1. The summed E-state index contributed by atoms with van der Waals surface area (Å²) in [6.45, 7) is 0. The van der Waals surface area contributed by atoms with Gasteiger partial charge in [0.15, 0.2) is 0 Å². The minimum absolute atomic E-state index is 0.180. The molecule has 0 saturated heterocycles. The molecule has 25 heavy (non-hydrogen) atoms. The minimum atomic E-state index is -0.360. The summed E-state index contributed by atoms with van der Waals surface area (Å²) in [5.41, 5.74) is 5.83. The van der Waals surface area contributed by atoms with Gasteiger partial charge >= 0.3 is 11.9 Å². The van der Waals surface area contributed by atoms with Crippen LogP contribution >= 0.6 is 0 Å². The van der Waals surface area contributed by atoms with E-state index >= 15 is 0 Å². The molecule has 0 bridgehead atoms. The number of carbonyl (C=O) groups excluding carboxylic acids is 2. The van der Waals surface area contributed by atoms with Crippen molar-refractivity contribution in [2.75, 3.05) is 12.5 Å². The van der Waals surface area contributed by atoms with Crippen molar-refractivity contribution in [2.24, 2.45) is 0 Å². The normalized spacial score (nSPS) is 10.1. The number of esters is 1. The van der Waals surface area contributed by atoms with Gasteiger partial charge in [-0.2, -0.15) is 0 Å². The average Bonchev–Trinajstić information content (AvgIpc) is 2.69. The molecule has 1 N–H and O–H groups in total. The molecular weight excluding hydrogens is 316 g/mol. The van der Waals surface area contributed by atoms with Crippen LogP contribution in [0.15, 0.2) is 79.1 Å². The molecule has 0 aliphatic rings. The highest BCUT2D eigenvalue weighted by atomic mass is 16.5. The van der Waals surface area contributed by atoms with E-state index < -0.39 is 0 Å². The highest BCUT2D eigenvalue weighted by Gasteiger charge is 2.11. The van der Waals surface area contributed by atoms with Crippen molar-refractivity contribution in [1.29, 1.82) is 0 Å². The number of hydrogen-bond donors (Lipinski definition) is 1. The van der Waals surface area contributed by atoms with Crippen molar-refractivity contribution < 1.29 is 19.0 Å². The SMILES string of the molecule is COC(=O)c1ccc(-c2cc[n+](NC(=O)c3ccccc3)cc2)cc1. The number of carbonyl (C=O) groups is 2. The van der Waals surface area contributed by atoms with E-state index in [0.29, 0.717) is 11.1 Å². The van der Waals surface area contributed by atoms with Gasteiger partial charge in [-0.05, 0) is 35.4 Å². The first-order valence-electron chi connectivity index (χ1n) is 7.74. The van der Waals surface area contributed by atoms with Gasteiger partial charge in [-0.1, -0.05) is 35.0 Å². The van der Waals surface area contributed by atoms with Gasteiger partial charge < -0.3 is 4.74 Å².